The van der Waals surface area contributed by atoms with Crippen LogP contribution in [0.1, 0.15) is 22.4 Å². The van der Waals surface area contributed by atoms with Crippen molar-refractivity contribution in [1.29, 1.82) is 5.26 Å². The summed E-state index contributed by atoms with van der Waals surface area (Å²) in [6, 6.07) is 10.5. The number of anilines is 1. The Hall–Kier alpha value is -2.28. The molecule has 0 aliphatic rings. The summed E-state index contributed by atoms with van der Waals surface area (Å²) in [4.78, 5) is 0. The molecule has 1 aromatic heterocycles. The summed E-state index contributed by atoms with van der Waals surface area (Å²) in [5.41, 5.74) is 3.80. The molecule has 0 amide bonds. The van der Waals surface area contributed by atoms with Crippen molar-refractivity contribution in [3.05, 3.63) is 46.6 Å². The predicted molar refractivity (Wildman–Crippen MR) is 71.2 cm³/mol. The van der Waals surface area contributed by atoms with Crippen LogP contribution in [0, 0.1) is 25.2 Å². The Morgan fingerprint density at radius 1 is 1.39 bits per heavy atom. The first-order valence-electron chi connectivity index (χ1n) is 5.85. The maximum absolute atomic E-state index is 9.11. The summed E-state index contributed by atoms with van der Waals surface area (Å²) in [6.45, 7) is 4.60. The highest BCUT2D eigenvalue weighted by Gasteiger charge is 2.11. The Bertz CT molecular complexity index is 605. The minimum atomic E-state index is 0.616. The largest absolute Gasteiger partial charge is 0.365 e. The molecule has 0 spiro atoms. The molecule has 0 aliphatic carbocycles. The molecule has 0 saturated carbocycles. The van der Waals surface area contributed by atoms with Crippen molar-refractivity contribution >= 4 is 5.82 Å². The maximum Gasteiger partial charge on any atom is 0.142 e. The van der Waals surface area contributed by atoms with E-state index in [2.05, 4.69) is 41.6 Å². The fourth-order valence-corrected chi connectivity index (χ4v) is 2.00. The van der Waals surface area contributed by atoms with Gasteiger partial charge < -0.3 is 5.32 Å². The smallest absolute Gasteiger partial charge is 0.142 e. The van der Waals surface area contributed by atoms with Crippen molar-refractivity contribution in [2.24, 2.45) is 7.05 Å². The van der Waals surface area contributed by atoms with E-state index in [0.717, 1.165) is 11.5 Å². The van der Waals surface area contributed by atoms with Gasteiger partial charge in [-0.2, -0.15) is 10.4 Å². The SMILES string of the molecule is Cc1cccc(CNc2c(C#N)c(C)nn2C)c1. The number of nitriles is 1. The zero-order chi connectivity index (χ0) is 13.1. The van der Waals surface area contributed by atoms with Gasteiger partial charge in [0.2, 0.25) is 0 Å². The zero-order valence-corrected chi connectivity index (χ0v) is 10.9. The third-order valence-corrected chi connectivity index (χ3v) is 2.88. The molecular formula is C14H16N4. The van der Waals surface area contributed by atoms with Gasteiger partial charge in [0.15, 0.2) is 0 Å². The maximum atomic E-state index is 9.11. The van der Waals surface area contributed by atoms with E-state index >= 15 is 0 Å². The fraction of sp³-hybridized carbons (Fsp3) is 0.286. The summed E-state index contributed by atoms with van der Waals surface area (Å²) < 4.78 is 1.71. The van der Waals surface area contributed by atoms with Crippen LogP contribution in [0.15, 0.2) is 24.3 Å². The fourth-order valence-electron chi connectivity index (χ4n) is 2.00. The lowest BCUT2D eigenvalue weighted by atomic mass is 10.1. The van der Waals surface area contributed by atoms with Crippen molar-refractivity contribution in [1.82, 2.24) is 9.78 Å². The summed E-state index contributed by atoms with van der Waals surface area (Å²) >= 11 is 0. The van der Waals surface area contributed by atoms with E-state index in [1.54, 1.807) is 4.68 Å². The molecule has 0 radical (unpaired) electrons. The molecule has 1 heterocycles. The molecule has 0 bridgehead atoms. The van der Waals surface area contributed by atoms with Gasteiger partial charge in [0.1, 0.15) is 17.5 Å². The molecule has 0 aliphatic heterocycles. The number of aryl methyl sites for hydroxylation is 3. The van der Waals surface area contributed by atoms with Gasteiger partial charge in [0.05, 0.1) is 5.69 Å². The van der Waals surface area contributed by atoms with Crippen LogP contribution in [0.25, 0.3) is 0 Å². The van der Waals surface area contributed by atoms with Crippen molar-refractivity contribution < 1.29 is 0 Å². The second kappa shape index (κ2) is 4.92. The normalized spacial score (nSPS) is 10.1. The summed E-state index contributed by atoms with van der Waals surface area (Å²) in [7, 11) is 1.84. The van der Waals surface area contributed by atoms with Crippen LogP contribution in [-0.4, -0.2) is 9.78 Å². The van der Waals surface area contributed by atoms with E-state index in [1.165, 1.54) is 11.1 Å². The first-order valence-corrected chi connectivity index (χ1v) is 5.85. The molecular weight excluding hydrogens is 224 g/mol. The molecule has 4 nitrogen and oxygen atoms in total. The molecule has 92 valence electrons. The number of nitrogens with zero attached hydrogens (tertiary/aromatic N) is 3. The van der Waals surface area contributed by atoms with Gasteiger partial charge in [-0.05, 0) is 19.4 Å². The van der Waals surface area contributed by atoms with Crippen molar-refractivity contribution in [2.75, 3.05) is 5.32 Å². The number of hydrogen-bond acceptors (Lipinski definition) is 3. The van der Waals surface area contributed by atoms with Crippen LogP contribution in [-0.2, 0) is 13.6 Å². The molecule has 4 heteroatoms. The van der Waals surface area contributed by atoms with E-state index in [4.69, 9.17) is 5.26 Å². The van der Waals surface area contributed by atoms with Crippen LogP contribution >= 0.6 is 0 Å². The average molecular weight is 240 g/mol. The lowest BCUT2D eigenvalue weighted by Crippen LogP contribution is -2.05. The Balaban J connectivity index is 2.19. The van der Waals surface area contributed by atoms with E-state index in [9.17, 15) is 0 Å². The Kier molecular flexibility index (Phi) is 3.33. The van der Waals surface area contributed by atoms with Crippen LogP contribution in [0.5, 0.6) is 0 Å². The zero-order valence-electron chi connectivity index (χ0n) is 10.9. The van der Waals surface area contributed by atoms with Crippen molar-refractivity contribution in [2.45, 2.75) is 20.4 Å². The molecule has 0 fully saturated rings. The molecule has 1 aromatic carbocycles. The molecule has 18 heavy (non-hydrogen) atoms. The lowest BCUT2D eigenvalue weighted by molar-refractivity contribution is 0.758. The third kappa shape index (κ3) is 2.35. The highest BCUT2D eigenvalue weighted by molar-refractivity contribution is 5.55. The topological polar surface area (TPSA) is 53.6 Å². The van der Waals surface area contributed by atoms with Crippen LogP contribution < -0.4 is 5.32 Å². The highest BCUT2D eigenvalue weighted by atomic mass is 15.3. The monoisotopic (exact) mass is 240 g/mol. The van der Waals surface area contributed by atoms with Crippen molar-refractivity contribution in [3.63, 3.8) is 0 Å². The first-order chi connectivity index (χ1) is 8.61. The number of nitrogens with one attached hydrogen (secondary N) is 1. The van der Waals surface area contributed by atoms with E-state index in [1.807, 2.05) is 20.0 Å². The summed E-state index contributed by atoms with van der Waals surface area (Å²) in [6.07, 6.45) is 0. The average Bonchev–Trinajstić information content (AvgIpc) is 2.60. The molecule has 0 saturated heterocycles. The molecule has 2 rings (SSSR count). The number of rotatable bonds is 3. The van der Waals surface area contributed by atoms with Crippen LogP contribution in [0.3, 0.4) is 0 Å². The second-order valence-corrected chi connectivity index (χ2v) is 4.39. The van der Waals surface area contributed by atoms with E-state index in [-0.39, 0.29) is 0 Å². The Morgan fingerprint density at radius 3 is 2.83 bits per heavy atom. The van der Waals surface area contributed by atoms with Gasteiger partial charge in [-0.3, -0.25) is 4.68 Å². The van der Waals surface area contributed by atoms with Crippen molar-refractivity contribution in [3.8, 4) is 6.07 Å². The number of benzene rings is 1. The third-order valence-electron chi connectivity index (χ3n) is 2.88. The molecule has 2 aromatic rings. The Morgan fingerprint density at radius 2 is 2.17 bits per heavy atom. The standard InChI is InChI=1S/C14H16N4/c1-10-5-4-6-12(7-10)9-16-14-13(8-15)11(2)17-18(14)3/h4-7,16H,9H2,1-3H3. The summed E-state index contributed by atoms with van der Waals surface area (Å²) in [5, 5.41) is 16.6. The predicted octanol–water partition coefficient (Wildman–Crippen LogP) is 2.52. The van der Waals surface area contributed by atoms with Crippen LogP contribution in [0.4, 0.5) is 5.82 Å². The lowest BCUT2D eigenvalue weighted by Gasteiger charge is -2.07. The summed E-state index contributed by atoms with van der Waals surface area (Å²) in [5.74, 6) is 0.775. The quantitative estimate of drug-likeness (QED) is 0.896. The van der Waals surface area contributed by atoms with Gasteiger partial charge >= 0.3 is 0 Å². The van der Waals surface area contributed by atoms with Gasteiger partial charge in [-0.15, -0.1) is 0 Å². The van der Waals surface area contributed by atoms with E-state index in [0.29, 0.717) is 12.1 Å². The number of hydrogen-bond donors (Lipinski definition) is 1. The van der Waals surface area contributed by atoms with Gasteiger partial charge in [-0.1, -0.05) is 29.8 Å². The van der Waals surface area contributed by atoms with E-state index < -0.39 is 0 Å². The number of aromatic nitrogens is 2. The Labute approximate surface area is 107 Å². The van der Waals surface area contributed by atoms with Crippen LogP contribution in [0.2, 0.25) is 0 Å². The van der Waals surface area contributed by atoms with Gasteiger partial charge in [-0.25, -0.2) is 0 Å². The molecule has 1 N–H and O–H groups in total. The van der Waals surface area contributed by atoms with Gasteiger partial charge in [0, 0.05) is 13.6 Å². The van der Waals surface area contributed by atoms with Gasteiger partial charge in [0.25, 0.3) is 0 Å². The minimum absolute atomic E-state index is 0.616. The second-order valence-electron chi connectivity index (χ2n) is 4.39. The first kappa shape index (κ1) is 12.2. The highest BCUT2D eigenvalue weighted by Crippen LogP contribution is 2.18. The molecule has 0 unspecified atom stereocenters. The minimum Gasteiger partial charge on any atom is -0.365 e. The molecule has 0 atom stereocenters.